The molecule has 6 N–H and O–H groups in total. The van der Waals surface area contributed by atoms with Crippen molar-refractivity contribution in [1.29, 1.82) is 0 Å². The minimum absolute atomic E-state index is 0.375. The van der Waals surface area contributed by atoms with Crippen LogP contribution in [0.15, 0.2) is 30.3 Å². The molecule has 0 aliphatic carbocycles. The number of benzene rings is 1. The van der Waals surface area contributed by atoms with Crippen molar-refractivity contribution in [3.63, 3.8) is 0 Å². The summed E-state index contributed by atoms with van der Waals surface area (Å²) < 4.78 is 31.0. The van der Waals surface area contributed by atoms with Gasteiger partial charge in [-0.25, -0.2) is 4.79 Å². The molecule has 0 saturated carbocycles. The number of amides is 2. The van der Waals surface area contributed by atoms with Crippen molar-refractivity contribution in [3.8, 4) is 0 Å². The van der Waals surface area contributed by atoms with E-state index in [4.69, 9.17) is 23.3 Å². The Labute approximate surface area is 171 Å². The van der Waals surface area contributed by atoms with E-state index in [1.807, 2.05) is 6.07 Å². The number of hydrogen-bond donors (Lipinski definition) is 5. The van der Waals surface area contributed by atoms with Crippen molar-refractivity contribution < 1.29 is 37.0 Å². The average Bonchev–Trinajstić information content (AvgIpc) is 2.86. The predicted molar refractivity (Wildman–Crippen MR) is 103 cm³/mol. The molecular weight excluding hydrogens is 426 g/mol. The summed E-state index contributed by atoms with van der Waals surface area (Å²) in [6, 6.07) is 6.38. The SMILES string of the molecule is CC1(C)S[C@@H]2[C@H](NC(=O)[C@H](N)c3ccccc3)C(=O)N2[C@H]1C(=O)O.O=S(=O)(O)O. The van der Waals surface area contributed by atoms with Crippen LogP contribution in [0.5, 0.6) is 0 Å². The molecule has 29 heavy (non-hydrogen) atoms. The summed E-state index contributed by atoms with van der Waals surface area (Å²) in [6.45, 7) is 3.58. The lowest BCUT2D eigenvalue weighted by Crippen LogP contribution is -2.71. The molecule has 2 heterocycles. The Hall–Kier alpha value is -2.19. The molecule has 0 radical (unpaired) electrons. The summed E-state index contributed by atoms with van der Waals surface area (Å²) in [4.78, 5) is 37.5. The van der Waals surface area contributed by atoms with Crippen molar-refractivity contribution in [2.75, 3.05) is 0 Å². The second-order valence-corrected chi connectivity index (χ2v) is 9.59. The maximum atomic E-state index is 12.3. The van der Waals surface area contributed by atoms with Gasteiger partial charge >= 0.3 is 16.4 Å². The minimum Gasteiger partial charge on any atom is -0.480 e. The third-order valence-corrected chi connectivity index (χ3v) is 5.99. The number of carboxylic acid groups (broad SMARTS) is 1. The van der Waals surface area contributed by atoms with Crippen molar-refractivity contribution in [2.24, 2.45) is 5.73 Å². The summed E-state index contributed by atoms with van der Waals surface area (Å²) in [7, 11) is -4.67. The van der Waals surface area contributed by atoms with E-state index in [0.717, 1.165) is 0 Å². The Bertz CT molecular complexity index is 898. The Morgan fingerprint density at radius 3 is 2.24 bits per heavy atom. The number of fused-ring (bicyclic) bond motifs is 1. The molecule has 160 valence electrons. The zero-order valence-electron chi connectivity index (χ0n) is 15.4. The van der Waals surface area contributed by atoms with Crippen molar-refractivity contribution in [2.45, 2.75) is 42.1 Å². The number of carboxylic acids is 1. The zero-order valence-corrected chi connectivity index (χ0v) is 17.1. The maximum Gasteiger partial charge on any atom is 0.394 e. The van der Waals surface area contributed by atoms with E-state index in [-0.39, 0.29) is 11.3 Å². The third-order valence-electron chi connectivity index (χ3n) is 4.41. The minimum atomic E-state index is -4.67. The van der Waals surface area contributed by atoms with Gasteiger partial charge in [-0.15, -0.1) is 11.8 Å². The molecule has 2 aliphatic rings. The van der Waals surface area contributed by atoms with Crippen molar-refractivity contribution in [1.82, 2.24) is 10.2 Å². The van der Waals surface area contributed by atoms with Crippen LogP contribution >= 0.6 is 11.8 Å². The molecule has 0 unspecified atom stereocenters. The van der Waals surface area contributed by atoms with E-state index in [1.54, 1.807) is 38.1 Å². The number of nitrogens with one attached hydrogen (secondary N) is 1. The van der Waals surface area contributed by atoms with E-state index in [2.05, 4.69) is 5.32 Å². The number of thioether (sulfide) groups is 1. The van der Waals surface area contributed by atoms with Gasteiger partial charge in [0.2, 0.25) is 11.8 Å². The number of carbonyl (C=O) groups excluding carboxylic acids is 2. The topological polar surface area (TPSA) is 187 Å². The standard InChI is InChI=1S/C16H19N3O4S.H2O4S/c1-16(2)11(15(22)23)19-13(21)10(14(19)24-16)18-12(20)9(17)8-6-4-3-5-7-8;1-5(2,3)4/h3-7,9-11,14H,17H2,1-2H3,(H,18,20)(H,22,23);(H2,1,2,3,4)/t9-,10-,11+,14-;/m1./s1. The highest BCUT2D eigenvalue weighted by atomic mass is 32.3. The molecule has 0 bridgehead atoms. The Kier molecular flexibility index (Phi) is 6.59. The second kappa shape index (κ2) is 8.28. The quantitative estimate of drug-likeness (QED) is 0.302. The van der Waals surface area contributed by atoms with Crippen LogP contribution in [0.2, 0.25) is 0 Å². The van der Waals surface area contributed by atoms with Crippen molar-refractivity contribution >= 4 is 39.9 Å². The molecule has 0 aromatic heterocycles. The molecule has 2 amide bonds. The van der Waals surface area contributed by atoms with Crippen molar-refractivity contribution in [3.05, 3.63) is 35.9 Å². The van der Waals surface area contributed by atoms with Gasteiger partial charge in [0.25, 0.3) is 0 Å². The molecule has 2 saturated heterocycles. The summed E-state index contributed by atoms with van der Waals surface area (Å²) in [5.41, 5.74) is 6.59. The van der Waals surface area contributed by atoms with Gasteiger partial charge in [-0.3, -0.25) is 18.7 Å². The van der Waals surface area contributed by atoms with Gasteiger partial charge in [0.15, 0.2) is 0 Å². The Morgan fingerprint density at radius 1 is 1.24 bits per heavy atom. The lowest BCUT2D eigenvalue weighted by atomic mass is 9.95. The summed E-state index contributed by atoms with van der Waals surface area (Å²) >= 11 is 1.38. The number of aliphatic carboxylic acids is 1. The number of hydrogen-bond acceptors (Lipinski definition) is 7. The van der Waals surface area contributed by atoms with E-state index < -0.39 is 45.1 Å². The van der Waals surface area contributed by atoms with Crippen LogP contribution in [0.4, 0.5) is 0 Å². The molecule has 11 nitrogen and oxygen atoms in total. The first-order valence-corrected chi connectivity index (χ1v) is 10.6. The molecule has 2 fully saturated rings. The lowest BCUT2D eigenvalue weighted by molar-refractivity contribution is -0.161. The van der Waals surface area contributed by atoms with Crippen LogP contribution in [-0.2, 0) is 24.8 Å². The van der Waals surface area contributed by atoms with Gasteiger partial charge in [0.1, 0.15) is 23.5 Å². The number of rotatable bonds is 4. The van der Waals surface area contributed by atoms with E-state index in [1.165, 1.54) is 16.7 Å². The molecular formula is C16H21N3O8S2. The van der Waals surface area contributed by atoms with Gasteiger partial charge in [-0.05, 0) is 19.4 Å². The van der Waals surface area contributed by atoms with Crippen LogP contribution in [0.3, 0.4) is 0 Å². The first kappa shape index (κ1) is 23.1. The Morgan fingerprint density at radius 2 is 1.76 bits per heavy atom. The normalized spacial score (nSPS) is 25.8. The average molecular weight is 447 g/mol. The fourth-order valence-electron chi connectivity index (χ4n) is 3.20. The van der Waals surface area contributed by atoms with Crippen LogP contribution in [0.25, 0.3) is 0 Å². The summed E-state index contributed by atoms with van der Waals surface area (Å²) in [6.07, 6.45) is 0. The smallest absolute Gasteiger partial charge is 0.394 e. The highest BCUT2D eigenvalue weighted by molar-refractivity contribution is 8.01. The predicted octanol–water partition coefficient (Wildman–Crippen LogP) is -0.335. The zero-order chi connectivity index (χ0) is 22.1. The van der Waals surface area contributed by atoms with Crippen LogP contribution < -0.4 is 11.1 Å². The summed E-state index contributed by atoms with van der Waals surface area (Å²) in [5, 5.41) is 11.7. The maximum absolute atomic E-state index is 12.3. The Balaban J connectivity index is 0.000000537. The molecule has 2 aliphatic heterocycles. The fraction of sp³-hybridized carbons (Fsp3) is 0.438. The highest BCUT2D eigenvalue weighted by Gasteiger charge is 2.64. The van der Waals surface area contributed by atoms with Gasteiger partial charge in [-0.1, -0.05) is 30.3 Å². The van der Waals surface area contributed by atoms with Gasteiger partial charge in [0, 0.05) is 4.75 Å². The number of β-lactam (4-membered cyclic amide) rings is 1. The molecule has 3 rings (SSSR count). The summed E-state index contributed by atoms with van der Waals surface area (Å²) in [5.74, 6) is -1.86. The van der Waals surface area contributed by atoms with E-state index in [0.29, 0.717) is 5.56 Å². The molecule has 13 heteroatoms. The first-order valence-electron chi connectivity index (χ1n) is 8.27. The van der Waals surface area contributed by atoms with E-state index in [9.17, 15) is 19.5 Å². The lowest BCUT2D eigenvalue weighted by Gasteiger charge is -2.43. The largest absolute Gasteiger partial charge is 0.480 e. The molecule has 1 aromatic carbocycles. The monoisotopic (exact) mass is 447 g/mol. The first-order chi connectivity index (χ1) is 13.2. The highest BCUT2D eigenvalue weighted by Crippen LogP contribution is 2.50. The third kappa shape index (κ3) is 5.25. The molecule has 1 aromatic rings. The number of nitrogens with zero attached hydrogens (tertiary/aromatic N) is 1. The van der Waals surface area contributed by atoms with Crippen LogP contribution in [0, 0.1) is 0 Å². The second-order valence-electron chi connectivity index (χ2n) is 6.92. The molecule has 0 spiro atoms. The molecule has 4 atom stereocenters. The van der Waals surface area contributed by atoms with Gasteiger partial charge in [-0.2, -0.15) is 8.42 Å². The number of nitrogens with two attached hydrogens (primary N) is 1. The number of carbonyl (C=O) groups is 3. The fourth-order valence-corrected chi connectivity index (χ4v) is 4.83. The van der Waals surface area contributed by atoms with Crippen LogP contribution in [-0.4, -0.2) is 67.5 Å². The van der Waals surface area contributed by atoms with E-state index >= 15 is 0 Å². The van der Waals surface area contributed by atoms with Gasteiger partial charge < -0.3 is 21.1 Å². The van der Waals surface area contributed by atoms with Crippen LogP contribution in [0.1, 0.15) is 25.5 Å². The van der Waals surface area contributed by atoms with Gasteiger partial charge in [0.05, 0.1) is 0 Å².